The quantitative estimate of drug-likeness (QED) is 0.157. The zero-order valence-corrected chi connectivity index (χ0v) is 13.3. The predicted octanol–water partition coefficient (Wildman–Crippen LogP) is 4.72. The highest BCUT2D eigenvalue weighted by Gasteiger charge is 1.88. The van der Waals surface area contributed by atoms with Crippen molar-refractivity contribution in [2.75, 3.05) is 24.4 Å². The standard InChI is InChI=1S/C14H27IO2/c1-2-16-14-17-13-11-9-7-5-3-4-6-8-10-12-15/h7,9H,2-6,8,10-14H2,1H3. The second-order valence-corrected chi connectivity index (χ2v) is 5.10. The van der Waals surface area contributed by atoms with Crippen LogP contribution < -0.4 is 0 Å². The number of hydrogen-bond acceptors (Lipinski definition) is 2. The van der Waals surface area contributed by atoms with Gasteiger partial charge in [0.05, 0.1) is 6.61 Å². The summed E-state index contributed by atoms with van der Waals surface area (Å²) in [5.74, 6) is 0. The SMILES string of the molecule is CCOCOCCC=CCCCCCCCI. The average molecular weight is 354 g/mol. The van der Waals surface area contributed by atoms with Crippen LogP contribution in [0.3, 0.4) is 0 Å². The van der Waals surface area contributed by atoms with Gasteiger partial charge in [0.1, 0.15) is 6.79 Å². The highest BCUT2D eigenvalue weighted by atomic mass is 127. The van der Waals surface area contributed by atoms with Crippen molar-refractivity contribution in [1.29, 1.82) is 0 Å². The van der Waals surface area contributed by atoms with Crippen molar-refractivity contribution < 1.29 is 9.47 Å². The maximum atomic E-state index is 5.27. The number of allylic oxidation sites excluding steroid dienone is 1. The maximum absolute atomic E-state index is 5.27. The van der Waals surface area contributed by atoms with Crippen molar-refractivity contribution in [2.45, 2.75) is 51.9 Å². The number of halogens is 1. The van der Waals surface area contributed by atoms with E-state index in [2.05, 4.69) is 34.7 Å². The van der Waals surface area contributed by atoms with Crippen molar-refractivity contribution in [3.63, 3.8) is 0 Å². The lowest BCUT2D eigenvalue weighted by Crippen LogP contribution is -1.99. The molecule has 2 nitrogen and oxygen atoms in total. The molecule has 0 bridgehead atoms. The normalized spacial score (nSPS) is 11.4. The van der Waals surface area contributed by atoms with Crippen LogP contribution in [0.4, 0.5) is 0 Å². The van der Waals surface area contributed by atoms with E-state index in [1.165, 1.54) is 43.0 Å². The molecule has 0 amide bonds. The Morgan fingerprint density at radius 3 is 2.35 bits per heavy atom. The molecule has 0 aliphatic rings. The summed E-state index contributed by atoms with van der Waals surface area (Å²) in [4.78, 5) is 0. The van der Waals surface area contributed by atoms with Crippen LogP contribution in [-0.2, 0) is 9.47 Å². The summed E-state index contributed by atoms with van der Waals surface area (Å²) in [5, 5.41) is 0. The molecule has 0 saturated carbocycles. The van der Waals surface area contributed by atoms with Gasteiger partial charge in [0, 0.05) is 6.61 Å². The van der Waals surface area contributed by atoms with E-state index in [-0.39, 0.29) is 0 Å². The second kappa shape index (κ2) is 16.4. The number of alkyl halides is 1. The highest BCUT2D eigenvalue weighted by Crippen LogP contribution is 2.07. The van der Waals surface area contributed by atoms with E-state index in [1.807, 2.05) is 6.92 Å². The van der Waals surface area contributed by atoms with Crippen LogP contribution in [0.15, 0.2) is 12.2 Å². The first-order chi connectivity index (χ1) is 8.41. The van der Waals surface area contributed by atoms with Crippen LogP contribution in [0.2, 0.25) is 0 Å². The molecule has 0 aliphatic carbocycles. The summed E-state index contributed by atoms with van der Waals surface area (Å²) in [6.07, 6.45) is 13.6. The monoisotopic (exact) mass is 354 g/mol. The van der Waals surface area contributed by atoms with Crippen LogP contribution in [0.1, 0.15) is 51.9 Å². The summed E-state index contributed by atoms with van der Waals surface area (Å²) in [7, 11) is 0. The van der Waals surface area contributed by atoms with Gasteiger partial charge in [-0.15, -0.1) is 0 Å². The summed E-state index contributed by atoms with van der Waals surface area (Å²) in [6.45, 7) is 3.91. The minimum atomic E-state index is 0.432. The van der Waals surface area contributed by atoms with Crippen molar-refractivity contribution in [2.24, 2.45) is 0 Å². The summed E-state index contributed by atoms with van der Waals surface area (Å²) >= 11 is 2.45. The first kappa shape index (κ1) is 17.4. The lowest BCUT2D eigenvalue weighted by Gasteiger charge is -2.01. The molecule has 0 aromatic heterocycles. The maximum Gasteiger partial charge on any atom is 0.146 e. The van der Waals surface area contributed by atoms with Gasteiger partial charge in [-0.3, -0.25) is 0 Å². The molecule has 0 N–H and O–H groups in total. The molecule has 0 heterocycles. The van der Waals surface area contributed by atoms with Crippen LogP contribution in [-0.4, -0.2) is 24.4 Å². The number of hydrogen-bond donors (Lipinski definition) is 0. The molecule has 0 fully saturated rings. The fourth-order valence-electron chi connectivity index (χ4n) is 1.48. The Morgan fingerprint density at radius 2 is 1.59 bits per heavy atom. The molecule has 0 atom stereocenters. The number of ether oxygens (including phenoxy) is 2. The van der Waals surface area contributed by atoms with Gasteiger partial charge in [0.15, 0.2) is 0 Å². The van der Waals surface area contributed by atoms with Gasteiger partial charge >= 0.3 is 0 Å². The first-order valence-electron chi connectivity index (χ1n) is 6.78. The van der Waals surface area contributed by atoms with Gasteiger partial charge in [0.2, 0.25) is 0 Å². The third-order valence-corrected chi connectivity index (χ3v) is 3.23. The molecule has 17 heavy (non-hydrogen) atoms. The smallest absolute Gasteiger partial charge is 0.146 e. The molecule has 0 rings (SSSR count). The van der Waals surface area contributed by atoms with Gasteiger partial charge in [-0.2, -0.15) is 0 Å². The van der Waals surface area contributed by atoms with E-state index in [0.29, 0.717) is 6.79 Å². The molecular weight excluding hydrogens is 327 g/mol. The minimum absolute atomic E-state index is 0.432. The van der Waals surface area contributed by atoms with Crippen LogP contribution >= 0.6 is 22.6 Å². The van der Waals surface area contributed by atoms with E-state index in [1.54, 1.807) is 0 Å². The van der Waals surface area contributed by atoms with Crippen molar-refractivity contribution in [3.8, 4) is 0 Å². The molecule has 3 heteroatoms. The summed E-state index contributed by atoms with van der Waals surface area (Å²) in [5.41, 5.74) is 0. The van der Waals surface area contributed by atoms with Crippen LogP contribution in [0.5, 0.6) is 0 Å². The van der Waals surface area contributed by atoms with Gasteiger partial charge in [-0.25, -0.2) is 0 Å². The Hall–Kier alpha value is 0.390. The Labute approximate surface area is 120 Å². The topological polar surface area (TPSA) is 18.5 Å². The summed E-state index contributed by atoms with van der Waals surface area (Å²) in [6, 6.07) is 0. The molecule has 0 aromatic carbocycles. The zero-order chi connectivity index (χ0) is 12.6. The molecule has 0 unspecified atom stereocenters. The largest absolute Gasteiger partial charge is 0.356 e. The van der Waals surface area contributed by atoms with Gasteiger partial charge in [-0.05, 0) is 37.0 Å². The zero-order valence-electron chi connectivity index (χ0n) is 11.1. The minimum Gasteiger partial charge on any atom is -0.356 e. The fourth-order valence-corrected chi connectivity index (χ4v) is 2.01. The molecule has 0 aromatic rings. The Bertz CT molecular complexity index is 160. The third-order valence-electron chi connectivity index (χ3n) is 2.47. The molecule has 102 valence electrons. The van der Waals surface area contributed by atoms with E-state index in [9.17, 15) is 0 Å². The first-order valence-corrected chi connectivity index (χ1v) is 8.30. The molecule has 0 saturated heterocycles. The van der Waals surface area contributed by atoms with Crippen molar-refractivity contribution in [1.82, 2.24) is 0 Å². The Kier molecular flexibility index (Phi) is 16.8. The number of unbranched alkanes of at least 4 members (excludes halogenated alkanes) is 5. The summed E-state index contributed by atoms with van der Waals surface area (Å²) < 4.78 is 11.7. The predicted molar refractivity (Wildman–Crippen MR) is 82.8 cm³/mol. The van der Waals surface area contributed by atoms with E-state index >= 15 is 0 Å². The van der Waals surface area contributed by atoms with E-state index in [0.717, 1.165) is 19.6 Å². The number of rotatable bonds is 13. The van der Waals surface area contributed by atoms with Crippen LogP contribution in [0, 0.1) is 0 Å². The van der Waals surface area contributed by atoms with Crippen LogP contribution in [0.25, 0.3) is 0 Å². The van der Waals surface area contributed by atoms with E-state index in [4.69, 9.17) is 9.47 Å². The van der Waals surface area contributed by atoms with Crippen molar-refractivity contribution >= 4 is 22.6 Å². The Balaban J connectivity index is 2.99. The fraction of sp³-hybridized carbons (Fsp3) is 0.857. The lowest BCUT2D eigenvalue weighted by atomic mass is 10.1. The van der Waals surface area contributed by atoms with Gasteiger partial charge in [0.25, 0.3) is 0 Å². The average Bonchev–Trinajstić information content (AvgIpc) is 2.35. The molecule has 0 spiro atoms. The van der Waals surface area contributed by atoms with Gasteiger partial charge in [-0.1, -0.05) is 54.0 Å². The molecular formula is C14H27IO2. The second-order valence-electron chi connectivity index (χ2n) is 4.02. The third kappa shape index (κ3) is 16.4. The Morgan fingerprint density at radius 1 is 0.882 bits per heavy atom. The van der Waals surface area contributed by atoms with E-state index < -0.39 is 0 Å². The molecule has 0 aliphatic heterocycles. The van der Waals surface area contributed by atoms with Gasteiger partial charge < -0.3 is 9.47 Å². The van der Waals surface area contributed by atoms with Crippen molar-refractivity contribution in [3.05, 3.63) is 12.2 Å². The molecule has 0 radical (unpaired) electrons. The highest BCUT2D eigenvalue weighted by molar-refractivity contribution is 14.1. The lowest BCUT2D eigenvalue weighted by molar-refractivity contribution is -0.0476.